The van der Waals surface area contributed by atoms with Gasteiger partial charge < -0.3 is 30.4 Å². The summed E-state index contributed by atoms with van der Waals surface area (Å²) in [7, 11) is -11.1. The van der Waals surface area contributed by atoms with E-state index in [1.807, 2.05) is 0 Å². The molecule has 7 N–H and O–H groups in total. The fraction of sp³-hybridized carbons (Fsp3) is 0.143. The zero-order chi connectivity index (χ0) is 14.4. The molecule has 0 heterocycles. The molecule has 0 aliphatic heterocycles. The molecule has 1 aromatic carbocycles. The molecule has 11 heteroatoms. The molecule has 1 aromatic rings. The van der Waals surface area contributed by atoms with E-state index < -0.39 is 25.8 Å². The summed E-state index contributed by atoms with van der Waals surface area (Å²) in [4.78, 5) is 35.9. The van der Waals surface area contributed by atoms with E-state index in [4.69, 9.17) is 36.9 Å². The van der Waals surface area contributed by atoms with E-state index in [-0.39, 0.29) is 10.7 Å². The molecule has 18 heavy (non-hydrogen) atoms. The van der Waals surface area contributed by atoms with Crippen LogP contribution in [0.15, 0.2) is 18.2 Å². The first kappa shape index (κ1) is 15.6. The Bertz CT molecular complexity index is 543. The summed E-state index contributed by atoms with van der Waals surface area (Å²) in [6.07, 6.45) is 0. The van der Waals surface area contributed by atoms with Crippen LogP contribution in [0.25, 0.3) is 0 Å². The maximum Gasteiger partial charge on any atom is 0.374 e. The number of halogens is 1. The summed E-state index contributed by atoms with van der Waals surface area (Å²) in [5.74, 6) is 0. The summed E-state index contributed by atoms with van der Waals surface area (Å²) < 4.78 is 22.3. The minimum absolute atomic E-state index is 0.0270. The van der Waals surface area contributed by atoms with Crippen molar-refractivity contribution in [3.05, 3.63) is 28.8 Å². The van der Waals surface area contributed by atoms with Crippen LogP contribution in [0, 0.1) is 0 Å². The number of aliphatic hydroxyl groups is 1. The topological polar surface area (TPSA) is 161 Å². The lowest BCUT2D eigenvalue weighted by atomic mass is 10.2. The fourth-order valence-corrected chi connectivity index (χ4v) is 3.73. The van der Waals surface area contributed by atoms with E-state index >= 15 is 0 Å². The summed E-state index contributed by atoms with van der Waals surface area (Å²) in [6.45, 7) is 0. The van der Waals surface area contributed by atoms with Gasteiger partial charge in [0.05, 0.1) is 10.7 Å². The molecular formula is C7H10ClNO7P2. The molecule has 0 amide bonds. The van der Waals surface area contributed by atoms with E-state index in [0.717, 1.165) is 18.2 Å². The van der Waals surface area contributed by atoms with Gasteiger partial charge in [-0.2, -0.15) is 0 Å². The highest BCUT2D eigenvalue weighted by atomic mass is 35.5. The van der Waals surface area contributed by atoms with Crippen molar-refractivity contribution in [3.8, 4) is 0 Å². The predicted molar refractivity (Wildman–Crippen MR) is 63.8 cm³/mol. The molecule has 1 rings (SSSR count). The van der Waals surface area contributed by atoms with Crippen LogP contribution in [-0.2, 0) is 14.2 Å². The number of nitrogen functional groups attached to an aromatic ring is 1. The van der Waals surface area contributed by atoms with Crippen molar-refractivity contribution in [2.45, 2.75) is 5.08 Å². The largest absolute Gasteiger partial charge is 0.398 e. The van der Waals surface area contributed by atoms with Gasteiger partial charge in [-0.3, -0.25) is 9.13 Å². The van der Waals surface area contributed by atoms with Crippen molar-refractivity contribution in [1.82, 2.24) is 0 Å². The molecule has 0 bridgehead atoms. The Hall–Kier alpha value is -0.430. The van der Waals surface area contributed by atoms with E-state index in [2.05, 4.69) is 0 Å². The lowest BCUT2D eigenvalue weighted by Gasteiger charge is -2.29. The first-order valence-corrected chi connectivity index (χ1v) is 7.90. The Balaban J connectivity index is 3.61. The van der Waals surface area contributed by atoms with Crippen LogP contribution in [0.4, 0.5) is 5.69 Å². The van der Waals surface area contributed by atoms with Crippen LogP contribution >= 0.6 is 26.8 Å². The van der Waals surface area contributed by atoms with Crippen LogP contribution in [0.5, 0.6) is 0 Å². The standard InChI is InChI=1S/C7H10ClNO7P2/c8-5-3-4(1-2-6(5)9)7(10,17(11,12)13)18(14,15)16/h1-3,10H,9H2,(H2,11,12,13)(H2,14,15,16). The summed E-state index contributed by atoms with van der Waals surface area (Å²) >= 11 is 5.58. The van der Waals surface area contributed by atoms with E-state index in [0.29, 0.717) is 0 Å². The summed E-state index contributed by atoms with van der Waals surface area (Å²) in [5.41, 5.74) is 4.66. The van der Waals surface area contributed by atoms with Gasteiger partial charge in [-0.1, -0.05) is 17.7 Å². The van der Waals surface area contributed by atoms with Gasteiger partial charge in [-0.05, 0) is 12.1 Å². The lowest BCUT2D eigenvalue weighted by molar-refractivity contribution is 0.131. The van der Waals surface area contributed by atoms with Gasteiger partial charge in [0.1, 0.15) is 0 Å². The van der Waals surface area contributed by atoms with Crippen molar-refractivity contribution < 1.29 is 33.8 Å². The van der Waals surface area contributed by atoms with Gasteiger partial charge in [-0.25, -0.2) is 0 Å². The zero-order valence-corrected chi connectivity index (χ0v) is 11.2. The highest BCUT2D eigenvalue weighted by Gasteiger charge is 2.60. The monoisotopic (exact) mass is 317 g/mol. The number of anilines is 1. The number of nitrogens with two attached hydrogens (primary N) is 1. The second kappa shape index (κ2) is 4.59. The fourth-order valence-electron chi connectivity index (χ4n) is 1.24. The van der Waals surface area contributed by atoms with Gasteiger partial charge in [0.15, 0.2) is 0 Å². The molecule has 0 unspecified atom stereocenters. The number of rotatable bonds is 3. The van der Waals surface area contributed by atoms with Gasteiger partial charge in [0.25, 0.3) is 5.08 Å². The van der Waals surface area contributed by atoms with Crippen LogP contribution in [-0.4, -0.2) is 24.7 Å². The molecule has 0 atom stereocenters. The van der Waals surface area contributed by atoms with Gasteiger partial charge in [0.2, 0.25) is 0 Å². The van der Waals surface area contributed by atoms with Crippen molar-refractivity contribution in [2.75, 3.05) is 5.73 Å². The third-order valence-electron chi connectivity index (χ3n) is 2.20. The molecule has 0 aliphatic carbocycles. The lowest BCUT2D eigenvalue weighted by Crippen LogP contribution is -2.25. The van der Waals surface area contributed by atoms with Crippen molar-refractivity contribution in [1.29, 1.82) is 0 Å². The maximum atomic E-state index is 11.2. The van der Waals surface area contributed by atoms with Crippen LogP contribution < -0.4 is 5.73 Å². The molecule has 0 aliphatic rings. The summed E-state index contributed by atoms with van der Waals surface area (Å²) in [6, 6.07) is 2.72. The van der Waals surface area contributed by atoms with Crippen LogP contribution in [0.3, 0.4) is 0 Å². The average molecular weight is 318 g/mol. The summed E-state index contributed by atoms with van der Waals surface area (Å²) in [5, 5.41) is 5.89. The Morgan fingerprint density at radius 2 is 1.56 bits per heavy atom. The normalized spacial score (nSPS) is 13.7. The SMILES string of the molecule is Nc1ccc(C(O)(P(=O)(O)O)P(=O)(O)O)cc1Cl. The van der Waals surface area contributed by atoms with Crippen molar-refractivity contribution >= 4 is 32.5 Å². The second-order valence-corrected chi connectivity index (χ2v) is 7.69. The molecule has 102 valence electrons. The first-order chi connectivity index (χ1) is 7.91. The van der Waals surface area contributed by atoms with Crippen molar-refractivity contribution in [2.24, 2.45) is 0 Å². The van der Waals surface area contributed by atoms with Crippen molar-refractivity contribution in [3.63, 3.8) is 0 Å². The molecule has 0 fully saturated rings. The highest BCUT2D eigenvalue weighted by Crippen LogP contribution is 2.72. The Morgan fingerprint density at radius 3 is 1.89 bits per heavy atom. The molecule has 0 radical (unpaired) electrons. The molecule has 0 saturated heterocycles. The molecular weight excluding hydrogens is 307 g/mol. The smallest absolute Gasteiger partial charge is 0.374 e. The van der Waals surface area contributed by atoms with Gasteiger partial charge >= 0.3 is 15.2 Å². The maximum absolute atomic E-state index is 11.2. The van der Waals surface area contributed by atoms with E-state index in [9.17, 15) is 14.2 Å². The Labute approximate surface area is 106 Å². The number of benzene rings is 1. The van der Waals surface area contributed by atoms with E-state index in [1.165, 1.54) is 0 Å². The van der Waals surface area contributed by atoms with Gasteiger partial charge in [0, 0.05) is 5.56 Å². The number of hydrogen-bond acceptors (Lipinski definition) is 4. The van der Waals surface area contributed by atoms with Gasteiger partial charge in [-0.15, -0.1) is 0 Å². The first-order valence-electron chi connectivity index (χ1n) is 4.30. The molecule has 0 saturated carbocycles. The number of hydrogen-bond donors (Lipinski definition) is 6. The minimum atomic E-state index is -5.57. The Kier molecular flexibility index (Phi) is 3.99. The highest BCUT2D eigenvalue weighted by molar-refractivity contribution is 7.71. The van der Waals surface area contributed by atoms with Crippen LogP contribution in [0.2, 0.25) is 5.02 Å². The molecule has 8 nitrogen and oxygen atoms in total. The Morgan fingerprint density at radius 1 is 1.11 bits per heavy atom. The second-order valence-electron chi connectivity index (χ2n) is 3.46. The quantitative estimate of drug-likeness (QED) is 0.344. The minimum Gasteiger partial charge on any atom is -0.398 e. The third kappa shape index (κ3) is 2.47. The zero-order valence-electron chi connectivity index (χ0n) is 8.63. The molecule has 0 aromatic heterocycles. The van der Waals surface area contributed by atoms with Crippen LogP contribution in [0.1, 0.15) is 5.56 Å². The third-order valence-corrected chi connectivity index (χ3v) is 6.23. The predicted octanol–water partition coefficient (Wildman–Crippen LogP) is 0.380. The molecule has 0 spiro atoms. The average Bonchev–Trinajstić information content (AvgIpc) is 2.17. The van der Waals surface area contributed by atoms with E-state index in [1.54, 1.807) is 0 Å².